The van der Waals surface area contributed by atoms with Crippen LogP contribution in [0.4, 0.5) is 11.6 Å². The van der Waals surface area contributed by atoms with Gasteiger partial charge < -0.3 is 14.8 Å². The lowest BCUT2D eigenvalue weighted by Gasteiger charge is -2.09. The quantitative estimate of drug-likeness (QED) is 0.589. The van der Waals surface area contributed by atoms with Crippen molar-refractivity contribution in [3.05, 3.63) is 42.3 Å². The number of fused-ring (bicyclic) bond motifs is 1. The fourth-order valence-corrected chi connectivity index (χ4v) is 3.03. The number of aromatic nitrogens is 5. The Morgan fingerprint density at radius 2 is 2.04 bits per heavy atom. The van der Waals surface area contributed by atoms with Crippen LogP contribution < -0.4 is 14.8 Å². The Morgan fingerprint density at radius 1 is 1.16 bits per heavy atom. The number of benzene rings is 1. The van der Waals surface area contributed by atoms with E-state index < -0.39 is 0 Å². The summed E-state index contributed by atoms with van der Waals surface area (Å²) < 4.78 is 12.2. The zero-order valence-corrected chi connectivity index (χ0v) is 14.3. The molecular formula is C16H14N6O2S. The zero-order valence-electron chi connectivity index (χ0n) is 13.5. The maximum Gasteiger partial charge on any atom is 0.247 e. The summed E-state index contributed by atoms with van der Waals surface area (Å²) in [5.41, 5.74) is 3.97. The number of methoxy groups -OCH3 is 2. The molecule has 0 aliphatic heterocycles. The van der Waals surface area contributed by atoms with Crippen LogP contribution in [-0.4, -0.2) is 38.8 Å². The van der Waals surface area contributed by atoms with E-state index in [0.717, 1.165) is 16.3 Å². The smallest absolute Gasteiger partial charge is 0.247 e. The van der Waals surface area contributed by atoms with Crippen LogP contribution in [-0.2, 0) is 0 Å². The molecule has 0 radical (unpaired) electrons. The van der Waals surface area contributed by atoms with Gasteiger partial charge in [-0.05, 0) is 12.1 Å². The second kappa shape index (κ2) is 6.36. The van der Waals surface area contributed by atoms with Gasteiger partial charge in [0.15, 0.2) is 17.1 Å². The fourth-order valence-electron chi connectivity index (χ4n) is 2.42. The van der Waals surface area contributed by atoms with Crippen molar-refractivity contribution in [1.29, 1.82) is 0 Å². The number of rotatable bonds is 5. The van der Waals surface area contributed by atoms with Crippen LogP contribution in [0.2, 0.25) is 0 Å². The Morgan fingerprint density at radius 3 is 2.80 bits per heavy atom. The van der Waals surface area contributed by atoms with Gasteiger partial charge >= 0.3 is 0 Å². The lowest BCUT2D eigenvalue weighted by molar-refractivity contribution is 0.355. The molecule has 0 bridgehead atoms. The van der Waals surface area contributed by atoms with Crippen LogP contribution in [0.15, 0.2) is 42.3 Å². The SMILES string of the molecule is COc1ccc(Nc2nc3c(-c4cncs4)nccn3n2)cc1OC. The number of hydrogen-bond acceptors (Lipinski definition) is 8. The van der Waals surface area contributed by atoms with Gasteiger partial charge in [-0.2, -0.15) is 4.98 Å². The van der Waals surface area contributed by atoms with Crippen molar-refractivity contribution < 1.29 is 9.47 Å². The topological polar surface area (TPSA) is 86.5 Å². The molecule has 4 rings (SSSR count). The predicted molar refractivity (Wildman–Crippen MR) is 94.7 cm³/mol. The van der Waals surface area contributed by atoms with E-state index in [1.165, 1.54) is 11.3 Å². The van der Waals surface area contributed by atoms with Gasteiger partial charge in [-0.25, -0.2) is 9.50 Å². The largest absolute Gasteiger partial charge is 0.493 e. The standard InChI is InChI=1S/C16H14N6O2S/c1-23-11-4-3-10(7-12(11)24-2)19-16-20-15-14(13-8-17-9-25-13)18-5-6-22(15)21-16/h3-9H,1-2H3,(H,19,21). The molecule has 0 saturated heterocycles. The van der Waals surface area contributed by atoms with Gasteiger partial charge in [-0.3, -0.25) is 4.98 Å². The normalized spacial score (nSPS) is 10.8. The number of nitrogens with one attached hydrogen (secondary N) is 1. The molecule has 0 aliphatic carbocycles. The van der Waals surface area contributed by atoms with Crippen molar-refractivity contribution in [2.24, 2.45) is 0 Å². The summed E-state index contributed by atoms with van der Waals surface area (Å²) in [5, 5.41) is 7.62. The highest BCUT2D eigenvalue weighted by atomic mass is 32.1. The molecule has 0 unspecified atom stereocenters. The molecule has 0 atom stereocenters. The average molecular weight is 354 g/mol. The maximum absolute atomic E-state index is 5.31. The third kappa shape index (κ3) is 2.85. The van der Waals surface area contributed by atoms with E-state index in [9.17, 15) is 0 Å². The van der Waals surface area contributed by atoms with Crippen molar-refractivity contribution in [1.82, 2.24) is 24.6 Å². The van der Waals surface area contributed by atoms with Crippen molar-refractivity contribution in [2.45, 2.75) is 0 Å². The van der Waals surface area contributed by atoms with Gasteiger partial charge in [-0.1, -0.05) is 0 Å². The second-order valence-electron chi connectivity index (χ2n) is 5.04. The first-order chi connectivity index (χ1) is 12.3. The number of thiazole rings is 1. The number of nitrogens with zero attached hydrogens (tertiary/aromatic N) is 5. The summed E-state index contributed by atoms with van der Waals surface area (Å²) in [6, 6.07) is 5.52. The summed E-state index contributed by atoms with van der Waals surface area (Å²) in [6.45, 7) is 0. The van der Waals surface area contributed by atoms with Gasteiger partial charge in [0, 0.05) is 30.3 Å². The molecule has 0 aliphatic rings. The van der Waals surface area contributed by atoms with Crippen LogP contribution >= 0.6 is 11.3 Å². The molecule has 0 saturated carbocycles. The summed E-state index contributed by atoms with van der Waals surface area (Å²) >= 11 is 1.51. The van der Waals surface area contributed by atoms with Crippen LogP contribution in [0.25, 0.3) is 16.2 Å². The molecule has 1 aromatic carbocycles. The Balaban J connectivity index is 1.70. The minimum atomic E-state index is 0.464. The van der Waals surface area contributed by atoms with Crippen LogP contribution in [0.1, 0.15) is 0 Å². The molecule has 0 fully saturated rings. The summed E-state index contributed by atoms with van der Waals surface area (Å²) in [7, 11) is 3.19. The van der Waals surface area contributed by atoms with Gasteiger partial charge in [0.25, 0.3) is 0 Å². The number of hydrogen-bond donors (Lipinski definition) is 1. The third-order valence-electron chi connectivity index (χ3n) is 3.56. The Labute approximate surface area is 147 Å². The Hall–Kier alpha value is -3.20. The Kier molecular flexibility index (Phi) is 3.90. The van der Waals surface area contributed by atoms with E-state index in [4.69, 9.17) is 9.47 Å². The number of ether oxygens (including phenoxy) is 2. The van der Waals surface area contributed by atoms with Crippen molar-refractivity contribution >= 4 is 28.6 Å². The van der Waals surface area contributed by atoms with E-state index in [1.54, 1.807) is 42.8 Å². The molecule has 3 heterocycles. The molecule has 0 amide bonds. The summed E-state index contributed by atoms with van der Waals surface area (Å²) in [4.78, 5) is 14.0. The van der Waals surface area contributed by atoms with Crippen molar-refractivity contribution in [3.63, 3.8) is 0 Å². The van der Waals surface area contributed by atoms with Gasteiger partial charge in [0.05, 0.1) is 24.6 Å². The first-order valence-corrected chi connectivity index (χ1v) is 8.26. The molecule has 25 heavy (non-hydrogen) atoms. The van der Waals surface area contributed by atoms with Gasteiger partial charge in [0.2, 0.25) is 5.95 Å². The number of anilines is 2. The van der Waals surface area contributed by atoms with Crippen molar-refractivity contribution in [2.75, 3.05) is 19.5 Å². The van der Waals surface area contributed by atoms with Gasteiger partial charge in [-0.15, -0.1) is 16.4 Å². The minimum absolute atomic E-state index is 0.464. The summed E-state index contributed by atoms with van der Waals surface area (Å²) in [5.74, 6) is 1.75. The highest BCUT2D eigenvalue weighted by molar-refractivity contribution is 7.13. The van der Waals surface area contributed by atoms with E-state index in [-0.39, 0.29) is 0 Å². The van der Waals surface area contributed by atoms with Crippen LogP contribution in [0.3, 0.4) is 0 Å². The van der Waals surface area contributed by atoms with Crippen molar-refractivity contribution in [3.8, 4) is 22.1 Å². The molecule has 1 N–H and O–H groups in total. The Bertz CT molecular complexity index is 1010. The third-order valence-corrected chi connectivity index (χ3v) is 4.34. The molecule has 8 nitrogen and oxygen atoms in total. The monoisotopic (exact) mass is 354 g/mol. The molecule has 9 heteroatoms. The highest BCUT2D eigenvalue weighted by Gasteiger charge is 2.13. The molecule has 3 aromatic heterocycles. The van der Waals surface area contributed by atoms with E-state index >= 15 is 0 Å². The maximum atomic E-state index is 5.31. The average Bonchev–Trinajstić information content (AvgIpc) is 3.30. The lowest BCUT2D eigenvalue weighted by Crippen LogP contribution is -1.96. The molecule has 4 aromatic rings. The van der Waals surface area contributed by atoms with Gasteiger partial charge in [0.1, 0.15) is 5.69 Å². The molecular weight excluding hydrogens is 340 g/mol. The first kappa shape index (κ1) is 15.3. The van der Waals surface area contributed by atoms with Crippen LogP contribution in [0, 0.1) is 0 Å². The molecule has 126 valence electrons. The zero-order chi connectivity index (χ0) is 17.2. The van der Waals surface area contributed by atoms with Crippen LogP contribution in [0.5, 0.6) is 11.5 Å². The van der Waals surface area contributed by atoms with E-state index in [0.29, 0.717) is 23.1 Å². The highest BCUT2D eigenvalue weighted by Crippen LogP contribution is 2.31. The minimum Gasteiger partial charge on any atom is -0.493 e. The fraction of sp³-hybridized carbons (Fsp3) is 0.125. The van der Waals surface area contributed by atoms with E-state index in [1.807, 2.05) is 18.2 Å². The first-order valence-electron chi connectivity index (χ1n) is 7.38. The summed E-state index contributed by atoms with van der Waals surface area (Å²) in [6.07, 6.45) is 5.21. The molecule has 0 spiro atoms. The van der Waals surface area contributed by atoms with E-state index in [2.05, 4.69) is 25.4 Å². The second-order valence-corrected chi connectivity index (χ2v) is 5.93. The lowest BCUT2D eigenvalue weighted by atomic mass is 10.3. The predicted octanol–water partition coefficient (Wildman–Crippen LogP) is 3.01.